The van der Waals surface area contributed by atoms with E-state index >= 15 is 0 Å². The summed E-state index contributed by atoms with van der Waals surface area (Å²) in [5.74, 6) is -1.89. The van der Waals surface area contributed by atoms with Gasteiger partial charge in [-0.3, -0.25) is 0 Å². The van der Waals surface area contributed by atoms with Crippen molar-refractivity contribution in [1.29, 1.82) is 0 Å². The van der Waals surface area contributed by atoms with Crippen molar-refractivity contribution in [2.24, 2.45) is 0 Å². The molecule has 0 saturated carbocycles. The smallest absolute Gasteiger partial charge is 0.371 e. The van der Waals surface area contributed by atoms with Crippen LogP contribution >= 0.6 is 11.6 Å². The first kappa shape index (κ1) is 13.6. The van der Waals surface area contributed by atoms with Crippen LogP contribution in [0.15, 0.2) is 45.7 Å². The number of benzene rings is 1. The van der Waals surface area contributed by atoms with Crippen molar-refractivity contribution in [1.82, 2.24) is 0 Å². The molecular weight excluding hydrogens is 292 g/mol. The number of hydrogen-bond donors (Lipinski definition) is 1. The fourth-order valence-corrected chi connectivity index (χ4v) is 3.05. The zero-order valence-corrected chi connectivity index (χ0v) is 11.1. The van der Waals surface area contributed by atoms with E-state index in [0.717, 1.165) is 0 Å². The molecule has 0 bridgehead atoms. The van der Waals surface area contributed by atoms with Gasteiger partial charge >= 0.3 is 5.97 Å². The Labute approximate surface area is 114 Å². The third kappa shape index (κ3) is 3.15. The van der Waals surface area contributed by atoms with Gasteiger partial charge in [0.05, 0.1) is 4.90 Å². The van der Waals surface area contributed by atoms with Crippen molar-refractivity contribution >= 4 is 27.4 Å². The Morgan fingerprint density at radius 1 is 1.26 bits per heavy atom. The van der Waals surface area contributed by atoms with E-state index in [1.54, 1.807) is 6.07 Å². The minimum absolute atomic E-state index is 0.0632. The summed E-state index contributed by atoms with van der Waals surface area (Å²) in [6, 6.07) is 8.38. The summed E-state index contributed by atoms with van der Waals surface area (Å²) in [6.45, 7) is 0. The van der Waals surface area contributed by atoms with Gasteiger partial charge in [-0.1, -0.05) is 17.7 Å². The van der Waals surface area contributed by atoms with Gasteiger partial charge in [0, 0.05) is 5.02 Å². The molecule has 1 heterocycles. The van der Waals surface area contributed by atoms with Gasteiger partial charge in [0.2, 0.25) is 5.76 Å². The number of carboxylic acid groups (broad SMARTS) is 1. The van der Waals surface area contributed by atoms with E-state index in [0.29, 0.717) is 5.02 Å². The van der Waals surface area contributed by atoms with Gasteiger partial charge in [-0.2, -0.15) is 0 Å². The predicted molar refractivity (Wildman–Crippen MR) is 68.0 cm³/mol. The van der Waals surface area contributed by atoms with Crippen LogP contribution in [-0.2, 0) is 15.6 Å². The molecule has 2 rings (SSSR count). The molecule has 0 saturated heterocycles. The lowest BCUT2D eigenvalue weighted by Crippen LogP contribution is -2.04. The van der Waals surface area contributed by atoms with Gasteiger partial charge in [0.25, 0.3) is 0 Å². The molecule has 0 fully saturated rings. The van der Waals surface area contributed by atoms with Crippen molar-refractivity contribution in [3.05, 3.63) is 52.9 Å². The van der Waals surface area contributed by atoms with E-state index in [9.17, 15) is 13.2 Å². The largest absolute Gasteiger partial charge is 0.475 e. The normalized spacial score (nSPS) is 11.4. The summed E-state index contributed by atoms with van der Waals surface area (Å²) in [7, 11) is -3.62. The van der Waals surface area contributed by atoms with Gasteiger partial charge in [0.15, 0.2) is 9.84 Å². The number of sulfone groups is 1. The van der Waals surface area contributed by atoms with Crippen molar-refractivity contribution in [3.8, 4) is 0 Å². The molecule has 0 aliphatic heterocycles. The molecule has 0 unspecified atom stereocenters. The zero-order valence-electron chi connectivity index (χ0n) is 9.54. The SMILES string of the molecule is O=C(O)c1ccc(CS(=O)(=O)c2cccc(Cl)c2)o1. The van der Waals surface area contributed by atoms with Crippen molar-refractivity contribution in [3.63, 3.8) is 0 Å². The summed E-state index contributed by atoms with van der Waals surface area (Å²) < 4.78 is 29.1. The fraction of sp³-hybridized carbons (Fsp3) is 0.0833. The summed E-state index contributed by atoms with van der Waals surface area (Å²) in [5.41, 5.74) is 0. The Bertz CT molecular complexity index is 717. The average Bonchev–Trinajstić information content (AvgIpc) is 2.77. The Hall–Kier alpha value is -1.79. The standard InChI is InChI=1S/C12H9ClO5S/c13-8-2-1-3-10(6-8)19(16,17)7-9-4-5-11(18-9)12(14)15/h1-6H,7H2,(H,14,15). The minimum Gasteiger partial charge on any atom is -0.475 e. The second-order valence-corrected chi connectivity index (χ2v) is 6.21. The summed E-state index contributed by atoms with van der Waals surface area (Å²) in [5, 5.41) is 9.00. The zero-order chi connectivity index (χ0) is 14.0. The van der Waals surface area contributed by atoms with Crippen LogP contribution in [0, 0.1) is 0 Å². The van der Waals surface area contributed by atoms with E-state index in [2.05, 4.69) is 0 Å². The third-order valence-electron chi connectivity index (χ3n) is 2.36. The van der Waals surface area contributed by atoms with Crippen LogP contribution in [-0.4, -0.2) is 19.5 Å². The second kappa shape index (κ2) is 5.07. The van der Waals surface area contributed by atoms with E-state index in [4.69, 9.17) is 21.1 Å². The first-order valence-corrected chi connectivity index (χ1v) is 7.22. The van der Waals surface area contributed by atoms with Crippen LogP contribution in [0.3, 0.4) is 0 Å². The summed E-state index contributed by atoms with van der Waals surface area (Å²) >= 11 is 5.73. The minimum atomic E-state index is -3.62. The molecule has 5 nitrogen and oxygen atoms in total. The van der Waals surface area contributed by atoms with Gasteiger partial charge in [-0.15, -0.1) is 0 Å². The molecular formula is C12H9ClO5S. The highest BCUT2D eigenvalue weighted by molar-refractivity contribution is 7.90. The number of carboxylic acids is 1. The van der Waals surface area contributed by atoms with Crippen LogP contribution in [0.4, 0.5) is 0 Å². The van der Waals surface area contributed by atoms with Crippen LogP contribution < -0.4 is 0 Å². The molecule has 19 heavy (non-hydrogen) atoms. The molecule has 0 spiro atoms. The number of hydrogen-bond acceptors (Lipinski definition) is 4. The highest BCUT2D eigenvalue weighted by Gasteiger charge is 2.19. The number of carbonyl (C=O) groups is 1. The van der Waals surface area contributed by atoms with Crippen LogP contribution in [0.5, 0.6) is 0 Å². The summed E-state index contributed by atoms with van der Waals surface area (Å²) in [4.78, 5) is 10.7. The number of aromatic carboxylic acids is 1. The molecule has 0 aliphatic rings. The van der Waals surface area contributed by atoms with Crippen LogP contribution in [0.25, 0.3) is 0 Å². The van der Waals surface area contributed by atoms with Crippen LogP contribution in [0.2, 0.25) is 5.02 Å². The molecule has 0 amide bonds. The molecule has 0 atom stereocenters. The number of furan rings is 1. The van der Waals surface area contributed by atoms with E-state index < -0.39 is 21.6 Å². The maximum absolute atomic E-state index is 12.1. The highest BCUT2D eigenvalue weighted by atomic mass is 35.5. The van der Waals surface area contributed by atoms with Gasteiger partial charge in [0.1, 0.15) is 11.5 Å². The van der Waals surface area contributed by atoms with E-state index in [-0.39, 0.29) is 16.4 Å². The lowest BCUT2D eigenvalue weighted by molar-refractivity contribution is 0.0660. The lowest BCUT2D eigenvalue weighted by Gasteiger charge is -2.02. The van der Waals surface area contributed by atoms with Gasteiger partial charge in [-0.25, -0.2) is 13.2 Å². The topological polar surface area (TPSA) is 84.6 Å². The Morgan fingerprint density at radius 3 is 2.58 bits per heavy atom. The lowest BCUT2D eigenvalue weighted by atomic mass is 10.4. The maximum Gasteiger partial charge on any atom is 0.371 e. The number of rotatable bonds is 4. The van der Waals surface area contributed by atoms with Gasteiger partial charge < -0.3 is 9.52 Å². The van der Waals surface area contributed by atoms with Crippen molar-refractivity contribution in [2.45, 2.75) is 10.6 Å². The molecule has 0 aliphatic carbocycles. The Kier molecular flexibility index (Phi) is 3.64. The monoisotopic (exact) mass is 300 g/mol. The van der Waals surface area contributed by atoms with Crippen molar-refractivity contribution in [2.75, 3.05) is 0 Å². The maximum atomic E-state index is 12.1. The molecule has 0 radical (unpaired) electrons. The van der Waals surface area contributed by atoms with Crippen LogP contribution in [0.1, 0.15) is 16.3 Å². The second-order valence-electron chi connectivity index (χ2n) is 3.79. The molecule has 7 heteroatoms. The molecule has 1 aromatic carbocycles. The fourth-order valence-electron chi connectivity index (χ4n) is 1.50. The van der Waals surface area contributed by atoms with Gasteiger partial charge in [-0.05, 0) is 30.3 Å². The van der Waals surface area contributed by atoms with Crippen molar-refractivity contribution < 1.29 is 22.7 Å². The molecule has 100 valence electrons. The molecule has 2 aromatic rings. The third-order valence-corrected chi connectivity index (χ3v) is 4.23. The summed E-state index contributed by atoms with van der Waals surface area (Å²) in [6.07, 6.45) is 0. The number of halogens is 1. The quantitative estimate of drug-likeness (QED) is 0.938. The Balaban J connectivity index is 2.28. The average molecular weight is 301 g/mol. The predicted octanol–water partition coefficient (Wildman–Crippen LogP) is 2.61. The first-order chi connectivity index (χ1) is 8.88. The molecule has 1 N–H and O–H groups in total. The first-order valence-electron chi connectivity index (χ1n) is 5.19. The Morgan fingerprint density at radius 2 is 2.00 bits per heavy atom. The van der Waals surface area contributed by atoms with E-state index in [1.807, 2.05) is 0 Å². The molecule has 1 aromatic heterocycles. The van der Waals surface area contributed by atoms with E-state index in [1.165, 1.54) is 30.3 Å². The highest BCUT2D eigenvalue weighted by Crippen LogP contribution is 2.21.